The number of benzene rings is 1. The summed E-state index contributed by atoms with van der Waals surface area (Å²) in [6, 6.07) is 6.09. The molecule has 0 saturated carbocycles. The Labute approximate surface area is 123 Å². The zero-order valence-electron chi connectivity index (χ0n) is 11.5. The lowest BCUT2D eigenvalue weighted by Crippen LogP contribution is -2.26. The van der Waals surface area contributed by atoms with Crippen LogP contribution in [0.5, 0.6) is 0 Å². The molecule has 0 aliphatic carbocycles. The van der Waals surface area contributed by atoms with Crippen molar-refractivity contribution in [3.63, 3.8) is 0 Å². The van der Waals surface area contributed by atoms with Crippen molar-refractivity contribution in [3.8, 4) is 0 Å². The second kappa shape index (κ2) is 9.31. The number of aliphatic hydroxyl groups is 1. The smallest absolute Gasteiger partial charge is 0.0945 e. The molecular formula is C14H22BrNO3. The third-order valence-electron chi connectivity index (χ3n) is 2.72. The second-order valence-corrected chi connectivity index (χ2v) is 5.17. The highest BCUT2D eigenvalue weighted by atomic mass is 79.9. The van der Waals surface area contributed by atoms with Crippen LogP contribution in [-0.2, 0) is 15.9 Å². The Hall–Kier alpha value is -0.620. The fraction of sp³-hybridized carbons (Fsp3) is 0.571. The fourth-order valence-corrected chi connectivity index (χ4v) is 2.08. The molecule has 108 valence electrons. The second-order valence-electron chi connectivity index (χ2n) is 4.26. The predicted molar refractivity (Wildman–Crippen MR) is 80.7 cm³/mol. The van der Waals surface area contributed by atoms with Crippen LogP contribution < -0.4 is 5.32 Å². The van der Waals surface area contributed by atoms with Crippen molar-refractivity contribution in [3.05, 3.63) is 28.2 Å². The van der Waals surface area contributed by atoms with Crippen LogP contribution >= 0.6 is 15.9 Å². The molecule has 19 heavy (non-hydrogen) atoms. The van der Waals surface area contributed by atoms with Gasteiger partial charge in [-0.3, -0.25) is 0 Å². The van der Waals surface area contributed by atoms with E-state index < -0.39 is 6.10 Å². The number of ether oxygens (including phenoxy) is 2. The molecule has 1 atom stereocenters. The predicted octanol–water partition coefficient (Wildman–Crippen LogP) is 2.45. The van der Waals surface area contributed by atoms with Crippen LogP contribution in [0.3, 0.4) is 0 Å². The number of hydrogen-bond donors (Lipinski definition) is 2. The molecule has 0 aliphatic rings. The quantitative estimate of drug-likeness (QED) is 0.682. The molecule has 0 spiro atoms. The first-order valence-electron chi connectivity index (χ1n) is 6.44. The van der Waals surface area contributed by atoms with Gasteiger partial charge in [0.2, 0.25) is 0 Å². The molecule has 0 saturated heterocycles. The minimum Gasteiger partial charge on any atom is -0.389 e. The summed E-state index contributed by atoms with van der Waals surface area (Å²) in [6.45, 7) is 3.95. The molecule has 0 amide bonds. The number of anilines is 1. The van der Waals surface area contributed by atoms with Crippen LogP contribution in [0.15, 0.2) is 22.7 Å². The van der Waals surface area contributed by atoms with Crippen LogP contribution in [0.4, 0.5) is 5.69 Å². The van der Waals surface area contributed by atoms with E-state index in [2.05, 4.69) is 34.2 Å². The topological polar surface area (TPSA) is 50.7 Å². The van der Waals surface area contributed by atoms with E-state index in [0.29, 0.717) is 26.4 Å². The van der Waals surface area contributed by atoms with Crippen molar-refractivity contribution in [2.24, 2.45) is 0 Å². The SMILES string of the molecule is CCc1cc(Br)ccc1NCC(O)COCCOC. The Bertz CT molecular complexity index is 374. The van der Waals surface area contributed by atoms with Crippen molar-refractivity contribution in [2.75, 3.05) is 38.8 Å². The number of halogens is 1. The first-order chi connectivity index (χ1) is 9.17. The highest BCUT2D eigenvalue weighted by molar-refractivity contribution is 9.10. The maximum absolute atomic E-state index is 9.79. The first kappa shape index (κ1) is 16.4. The lowest BCUT2D eigenvalue weighted by atomic mass is 10.1. The monoisotopic (exact) mass is 331 g/mol. The van der Waals surface area contributed by atoms with Crippen LogP contribution in [-0.4, -0.2) is 44.7 Å². The highest BCUT2D eigenvalue weighted by Crippen LogP contribution is 2.21. The molecule has 1 aromatic carbocycles. The molecule has 0 aliphatic heterocycles. The Morgan fingerprint density at radius 2 is 2.16 bits per heavy atom. The summed E-state index contributed by atoms with van der Waals surface area (Å²) in [5.74, 6) is 0. The van der Waals surface area contributed by atoms with Gasteiger partial charge in [-0.1, -0.05) is 22.9 Å². The van der Waals surface area contributed by atoms with Gasteiger partial charge in [-0.25, -0.2) is 0 Å². The summed E-state index contributed by atoms with van der Waals surface area (Å²) >= 11 is 3.46. The van der Waals surface area contributed by atoms with E-state index in [4.69, 9.17) is 9.47 Å². The van der Waals surface area contributed by atoms with E-state index in [1.54, 1.807) is 7.11 Å². The van der Waals surface area contributed by atoms with Crippen molar-refractivity contribution >= 4 is 21.6 Å². The summed E-state index contributed by atoms with van der Waals surface area (Å²) in [4.78, 5) is 0. The van der Waals surface area contributed by atoms with Crippen LogP contribution in [0.2, 0.25) is 0 Å². The third kappa shape index (κ3) is 6.38. The zero-order valence-corrected chi connectivity index (χ0v) is 13.1. The maximum Gasteiger partial charge on any atom is 0.0945 e. The van der Waals surface area contributed by atoms with E-state index in [-0.39, 0.29) is 0 Å². The third-order valence-corrected chi connectivity index (χ3v) is 3.21. The molecule has 1 rings (SSSR count). The molecule has 1 unspecified atom stereocenters. The molecule has 4 nitrogen and oxygen atoms in total. The largest absolute Gasteiger partial charge is 0.389 e. The Kier molecular flexibility index (Phi) is 8.05. The van der Waals surface area contributed by atoms with Crippen molar-refractivity contribution in [1.29, 1.82) is 0 Å². The minimum absolute atomic E-state index is 0.314. The molecule has 0 radical (unpaired) electrons. The van der Waals surface area contributed by atoms with Crippen molar-refractivity contribution in [2.45, 2.75) is 19.4 Å². The van der Waals surface area contributed by atoms with Crippen LogP contribution in [0.1, 0.15) is 12.5 Å². The Morgan fingerprint density at radius 1 is 1.37 bits per heavy atom. The molecular weight excluding hydrogens is 310 g/mol. The Morgan fingerprint density at radius 3 is 2.84 bits per heavy atom. The lowest BCUT2D eigenvalue weighted by Gasteiger charge is -2.15. The maximum atomic E-state index is 9.79. The fourth-order valence-electron chi connectivity index (χ4n) is 1.68. The first-order valence-corrected chi connectivity index (χ1v) is 7.23. The van der Waals surface area contributed by atoms with Gasteiger partial charge < -0.3 is 19.9 Å². The Balaban J connectivity index is 2.35. The summed E-state index contributed by atoms with van der Waals surface area (Å²) in [5.41, 5.74) is 2.28. The average Bonchev–Trinajstić information content (AvgIpc) is 2.42. The van der Waals surface area contributed by atoms with Gasteiger partial charge in [-0.15, -0.1) is 0 Å². The van der Waals surface area contributed by atoms with Crippen LogP contribution in [0.25, 0.3) is 0 Å². The van der Waals surface area contributed by atoms with Gasteiger partial charge in [-0.05, 0) is 30.2 Å². The standard InChI is InChI=1S/C14H22BrNO3/c1-3-11-8-12(15)4-5-14(11)16-9-13(17)10-19-7-6-18-2/h4-5,8,13,16-17H,3,6-7,9-10H2,1-2H3. The number of rotatable bonds is 9. The minimum atomic E-state index is -0.523. The molecule has 0 aromatic heterocycles. The number of aliphatic hydroxyl groups excluding tert-OH is 1. The van der Waals surface area contributed by atoms with Gasteiger partial charge in [0.05, 0.1) is 25.9 Å². The van der Waals surface area contributed by atoms with Crippen molar-refractivity contribution in [1.82, 2.24) is 0 Å². The summed E-state index contributed by atoms with van der Waals surface area (Å²) in [6.07, 6.45) is 0.424. The molecule has 5 heteroatoms. The number of aryl methyl sites for hydroxylation is 1. The van der Waals surface area contributed by atoms with Gasteiger partial charge in [-0.2, -0.15) is 0 Å². The number of hydrogen-bond acceptors (Lipinski definition) is 4. The normalized spacial score (nSPS) is 12.4. The number of methoxy groups -OCH3 is 1. The van der Waals surface area contributed by atoms with Gasteiger partial charge in [0.1, 0.15) is 0 Å². The molecule has 0 fully saturated rings. The van der Waals surface area contributed by atoms with E-state index in [0.717, 1.165) is 16.6 Å². The van der Waals surface area contributed by atoms with Crippen LogP contribution in [0, 0.1) is 0 Å². The molecule has 0 heterocycles. The van der Waals surface area contributed by atoms with E-state index in [1.807, 2.05) is 12.1 Å². The number of nitrogens with one attached hydrogen (secondary N) is 1. The molecule has 2 N–H and O–H groups in total. The van der Waals surface area contributed by atoms with E-state index >= 15 is 0 Å². The molecule has 1 aromatic rings. The molecule has 0 bridgehead atoms. The van der Waals surface area contributed by atoms with Gasteiger partial charge in [0.15, 0.2) is 0 Å². The zero-order chi connectivity index (χ0) is 14.1. The summed E-state index contributed by atoms with van der Waals surface area (Å²) < 4.78 is 11.2. The van der Waals surface area contributed by atoms with E-state index in [1.165, 1.54) is 5.56 Å². The lowest BCUT2D eigenvalue weighted by molar-refractivity contribution is 0.0182. The van der Waals surface area contributed by atoms with Gasteiger partial charge in [0, 0.05) is 23.8 Å². The van der Waals surface area contributed by atoms with Crippen molar-refractivity contribution < 1.29 is 14.6 Å². The van der Waals surface area contributed by atoms with Gasteiger partial charge in [0.25, 0.3) is 0 Å². The average molecular weight is 332 g/mol. The summed E-state index contributed by atoms with van der Waals surface area (Å²) in [7, 11) is 1.63. The van der Waals surface area contributed by atoms with Gasteiger partial charge >= 0.3 is 0 Å². The highest BCUT2D eigenvalue weighted by Gasteiger charge is 2.06. The summed E-state index contributed by atoms with van der Waals surface area (Å²) in [5, 5.41) is 13.0. The van der Waals surface area contributed by atoms with E-state index in [9.17, 15) is 5.11 Å².